The minimum absolute atomic E-state index is 0.188. The van der Waals surface area contributed by atoms with Crippen LogP contribution in [0, 0.1) is 0 Å². The fraction of sp³-hybridized carbons (Fsp3) is 0.667. The lowest BCUT2D eigenvalue weighted by molar-refractivity contribution is -0.751. The number of hydrogen-bond donors (Lipinski definition) is 0. The molecule has 0 radical (unpaired) electrons. The van der Waals surface area contributed by atoms with Crippen LogP contribution in [0.1, 0.15) is 20.8 Å². The van der Waals surface area contributed by atoms with Gasteiger partial charge in [0, 0.05) is 4.37 Å². The van der Waals surface area contributed by atoms with Gasteiger partial charge >= 0.3 is 6.33 Å². The molecule has 0 aliphatic rings. The average molecular weight is 143 g/mol. The van der Waals surface area contributed by atoms with Gasteiger partial charge in [0.05, 0.1) is 0 Å². The van der Waals surface area contributed by atoms with Gasteiger partial charge in [-0.1, -0.05) is 0 Å². The molecule has 0 aliphatic carbocycles. The van der Waals surface area contributed by atoms with Crippen LogP contribution in [-0.4, -0.2) is 4.37 Å². The minimum Gasteiger partial charge on any atom is -0.219 e. The molecule has 9 heavy (non-hydrogen) atoms. The molecule has 0 saturated heterocycles. The Balaban J connectivity index is 2.90. The first-order valence-electron chi connectivity index (χ1n) is 2.92. The quantitative estimate of drug-likeness (QED) is 0.498. The lowest BCUT2D eigenvalue weighted by Crippen LogP contribution is -2.48. The van der Waals surface area contributed by atoms with Crippen molar-refractivity contribution in [2.24, 2.45) is 0 Å². The molecule has 0 saturated carbocycles. The Morgan fingerprint density at radius 3 is 2.33 bits per heavy atom. The molecule has 0 bridgehead atoms. The molecule has 0 spiro atoms. The summed E-state index contributed by atoms with van der Waals surface area (Å²) in [6, 6.07) is 0. The minimum atomic E-state index is 0.188. The van der Waals surface area contributed by atoms with Crippen LogP contribution in [0.2, 0.25) is 0 Å². The van der Waals surface area contributed by atoms with Crippen LogP contribution in [0.15, 0.2) is 11.8 Å². The molecule has 0 fully saturated rings. The highest BCUT2D eigenvalue weighted by atomic mass is 32.1. The smallest absolute Gasteiger partial charge is 0.219 e. The van der Waals surface area contributed by atoms with Crippen LogP contribution in [-0.2, 0) is 5.54 Å². The van der Waals surface area contributed by atoms with Gasteiger partial charge < -0.3 is 0 Å². The summed E-state index contributed by atoms with van der Waals surface area (Å²) in [7, 11) is 0. The van der Waals surface area contributed by atoms with Crippen molar-refractivity contribution in [1.29, 1.82) is 0 Å². The SMILES string of the molecule is CC(C)(C)[n+]1cnsc1. The van der Waals surface area contributed by atoms with Gasteiger partial charge in [0.15, 0.2) is 5.51 Å². The van der Waals surface area contributed by atoms with E-state index < -0.39 is 0 Å². The first-order chi connectivity index (χ1) is 4.11. The maximum atomic E-state index is 3.99. The Morgan fingerprint density at radius 2 is 2.11 bits per heavy atom. The summed E-state index contributed by atoms with van der Waals surface area (Å²) in [6.07, 6.45) is 1.85. The standard InChI is InChI=1S/C6H11N2S/c1-6(2,3)8-4-7-9-5-8/h4-5H,1-3H3/q+1. The van der Waals surface area contributed by atoms with Crippen LogP contribution < -0.4 is 4.57 Å². The number of rotatable bonds is 0. The van der Waals surface area contributed by atoms with Gasteiger partial charge in [0.25, 0.3) is 0 Å². The summed E-state index contributed by atoms with van der Waals surface area (Å²) >= 11 is 1.48. The van der Waals surface area contributed by atoms with Crippen molar-refractivity contribution in [3.8, 4) is 0 Å². The van der Waals surface area contributed by atoms with Crippen molar-refractivity contribution < 1.29 is 4.57 Å². The van der Waals surface area contributed by atoms with E-state index in [9.17, 15) is 0 Å². The first kappa shape index (κ1) is 6.68. The normalized spacial score (nSPS) is 11.9. The Kier molecular flexibility index (Phi) is 1.53. The second-order valence-electron chi connectivity index (χ2n) is 3.01. The van der Waals surface area contributed by atoms with E-state index in [1.54, 1.807) is 0 Å². The molecule has 1 aromatic heterocycles. The van der Waals surface area contributed by atoms with Crippen LogP contribution in [0.5, 0.6) is 0 Å². The largest absolute Gasteiger partial charge is 0.302 e. The maximum absolute atomic E-state index is 3.99. The van der Waals surface area contributed by atoms with Gasteiger partial charge in [-0.15, -0.1) is 0 Å². The van der Waals surface area contributed by atoms with Crippen LogP contribution in [0.4, 0.5) is 0 Å². The van der Waals surface area contributed by atoms with Gasteiger partial charge in [-0.05, 0) is 20.8 Å². The summed E-state index contributed by atoms with van der Waals surface area (Å²) < 4.78 is 6.09. The van der Waals surface area contributed by atoms with E-state index in [4.69, 9.17) is 0 Å². The summed E-state index contributed by atoms with van der Waals surface area (Å²) in [5.74, 6) is 0. The molecule has 0 aliphatic heterocycles. The van der Waals surface area contributed by atoms with E-state index in [0.717, 1.165) is 0 Å². The Morgan fingerprint density at radius 1 is 1.44 bits per heavy atom. The van der Waals surface area contributed by atoms with Gasteiger partial charge in [0.2, 0.25) is 0 Å². The van der Waals surface area contributed by atoms with Crippen LogP contribution in [0.25, 0.3) is 0 Å². The lowest BCUT2D eigenvalue weighted by atomic mass is 10.1. The van der Waals surface area contributed by atoms with Crippen molar-refractivity contribution in [2.75, 3.05) is 0 Å². The zero-order valence-electron chi connectivity index (χ0n) is 5.96. The summed E-state index contributed by atoms with van der Waals surface area (Å²) in [6.45, 7) is 6.46. The van der Waals surface area contributed by atoms with Gasteiger partial charge in [-0.2, -0.15) is 0 Å². The molecular weight excluding hydrogens is 132 g/mol. The second-order valence-corrected chi connectivity index (χ2v) is 3.64. The van der Waals surface area contributed by atoms with Crippen LogP contribution in [0.3, 0.4) is 0 Å². The molecule has 0 unspecified atom stereocenters. The molecule has 0 atom stereocenters. The molecule has 1 rings (SSSR count). The lowest BCUT2D eigenvalue weighted by Gasteiger charge is -2.11. The van der Waals surface area contributed by atoms with Crippen molar-refractivity contribution in [3.63, 3.8) is 0 Å². The fourth-order valence-corrected chi connectivity index (χ4v) is 1.20. The number of hydrogen-bond acceptors (Lipinski definition) is 2. The zero-order valence-corrected chi connectivity index (χ0v) is 6.77. The van der Waals surface area contributed by atoms with Crippen LogP contribution >= 0.6 is 11.5 Å². The van der Waals surface area contributed by atoms with Crippen molar-refractivity contribution in [3.05, 3.63) is 11.8 Å². The number of nitrogens with zero attached hydrogens (tertiary/aromatic N) is 2. The average Bonchev–Trinajstić information content (AvgIpc) is 2.08. The summed E-state index contributed by atoms with van der Waals surface area (Å²) in [4.78, 5) is 0. The molecule has 2 nitrogen and oxygen atoms in total. The summed E-state index contributed by atoms with van der Waals surface area (Å²) in [5.41, 5.74) is 2.20. The van der Waals surface area contributed by atoms with Gasteiger partial charge in [-0.3, -0.25) is 0 Å². The van der Waals surface area contributed by atoms with Gasteiger partial charge in [0.1, 0.15) is 17.1 Å². The van der Waals surface area contributed by atoms with E-state index in [2.05, 4.69) is 29.7 Å². The molecule has 0 N–H and O–H groups in total. The zero-order chi connectivity index (χ0) is 6.91. The molecule has 0 aromatic carbocycles. The molecule has 1 aromatic rings. The van der Waals surface area contributed by atoms with E-state index in [-0.39, 0.29) is 5.54 Å². The highest BCUT2D eigenvalue weighted by Crippen LogP contribution is 2.02. The predicted octanol–water partition coefficient (Wildman–Crippen LogP) is 1.19. The monoisotopic (exact) mass is 143 g/mol. The number of aromatic nitrogens is 2. The summed E-state index contributed by atoms with van der Waals surface area (Å²) in [5, 5.41) is 0. The van der Waals surface area contributed by atoms with E-state index >= 15 is 0 Å². The van der Waals surface area contributed by atoms with E-state index in [1.807, 2.05) is 11.8 Å². The molecule has 0 amide bonds. The fourth-order valence-electron chi connectivity index (χ4n) is 0.515. The molecule has 50 valence electrons. The van der Waals surface area contributed by atoms with Crippen molar-refractivity contribution in [1.82, 2.24) is 4.37 Å². The highest BCUT2D eigenvalue weighted by Gasteiger charge is 2.17. The third-order valence-corrected chi connectivity index (χ3v) is 1.71. The van der Waals surface area contributed by atoms with Crippen molar-refractivity contribution >= 4 is 11.5 Å². The highest BCUT2D eigenvalue weighted by molar-refractivity contribution is 7.02. The third-order valence-electron chi connectivity index (χ3n) is 1.17. The van der Waals surface area contributed by atoms with E-state index in [1.165, 1.54) is 11.5 Å². The first-order valence-corrected chi connectivity index (χ1v) is 3.75. The van der Waals surface area contributed by atoms with Gasteiger partial charge in [-0.25, -0.2) is 4.57 Å². The Hall–Kier alpha value is -0.440. The second kappa shape index (κ2) is 2.06. The Bertz CT molecular complexity index is 173. The predicted molar refractivity (Wildman–Crippen MR) is 37.3 cm³/mol. The van der Waals surface area contributed by atoms with E-state index in [0.29, 0.717) is 0 Å². The molecule has 3 heteroatoms. The molecule has 1 heterocycles. The van der Waals surface area contributed by atoms with Crippen molar-refractivity contribution in [2.45, 2.75) is 26.3 Å². The molecular formula is C6H11N2S+. The third kappa shape index (κ3) is 1.48. The Labute approximate surface area is 59.3 Å². The topological polar surface area (TPSA) is 16.8 Å². The maximum Gasteiger partial charge on any atom is 0.302 e.